The molecule has 1 N–H and O–H groups in total. The van der Waals surface area contributed by atoms with Gasteiger partial charge < -0.3 is 19.7 Å². The molecule has 1 aromatic heterocycles. The van der Waals surface area contributed by atoms with E-state index in [9.17, 15) is 0 Å². The Balaban J connectivity index is 2.03. The van der Waals surface area contributed by atoms with Crippen molar-refractivity contribution in [2.45, 2.75) is 6.54 Å². The van der Waals surface area contributed by atoms with Gasteiger partial charge in [-0.15, -0.1) is 11.3 Å². The fraction of sp³-hybridized carbons (Fsp3) is 0.400. The summed E-state index contributed by atoms with van der Waals surface area (Å²) < 4.78 is 10.4. The molecule has 0 bridgehead atoms. The van der Waals surface area contributed by atoms with Gasteiger partial charge in [0.1, 0.15) is 5.75 Å². The molecule has 5 nitrogen and oxygen atoms in total. The van der Waals surface area contributed by atoms with Crippen LogP contribution in [0, 0.1) is 0 Å². The number of nitrogens with one attached hydrogen (secondary N) is 1. The van der Waals surface area contributed by atoms with E-state index in [2.05, 4.69) is 15.7 Å². The average Bonchev–Trinajstić information content (AvgIpc) is 2.99. The van der Waals surface area contributed by atoms with Gasteiger partial charge in [0.15, 0.2) is 5.13 Å². The van der Waals surface area contributed by atoms with E-state index in [1.54, 1.807) is 25.6 Å². The number of thiazole rings is 1. The Morgan fingerprint density at radius 2 is 2.10 bits per heavy atom. The van der Waals surface area contributed by atoms with Crippen molar-refractivity contribution < 1.29 is 9.47 Å². The normalized spacial score (nSPS) is 10.6. The largest absolute Gasteiger partial charge is 0.495 e. The molecule has 0 saturated heterocycles. The second-order valence-electron chi connectivity index (χ2n) is 4.52. The van der Waals surface area contributed by atoms with Crippen LogP contribution in [0.25, 0.3) is 0 Å². The third-order valence-corrected chi connectivity index (χ3v) is 4.03. The van der Waals surface area contributed by atoms with Crippen LogP contribution in [0.5, 0.6) is 5.75 Å². The monoisotopic (exact) mass is 307 g/mol. The van der Waals surface area contributed by atoms with Gasteiger partial charge in [0.25, 0.3) is 0 Å². The number of ether oxygens (including phenoxy) is 2. The highest BCUT2D eigenvalue weighted by Crippen LogP contribution is 2.33. The Hall–Kier alpha value is -1.63. The summed E-state index contributed by atoms with van der Waals surface area (Å²) >= 11 is 1.62. The van der Waals surface area contributed by atoms with Crippen LogP contribution in [0.15, 0.2) is 29.6 Å². The van der Waals surface area contributed by atoms with Crippen molar-refractivity contribution >= 4 is 22.2 Å². The molecular weight excluding hydrogens is 286 g/mol. The maximum atomic E-state index is 5.40. The SMILES string of the molecule is COCCNCc1csc(N(C)c2ccccc2OC)n1. The first-order chi connectivity index (χ1) is 10.3. The lowest BCUT2D eigenvalue weighted by atomic mass is 10.3. The third kappa shape index (κ3) is 4.17. The summed E-state index contributed by atoms with van der Waals surface area (Å²) in [6.45, 7) is 2.28. The molecule has 6 heteroatoms. The number of rotatable bonds is 8. The van der Waals surface area contributed by atoms with Crippen LogP contribution in [0.1, 0.15) is 5.69 Å². The van der Waals surface area contributed by atoms with E-state index in [0.717, 1.165) is 35.4 Å². The van der Waals surface area contributed by atoms with Gasteiger partial charge in [-0.2, -0.15) is 0 Å². The molecule has 0 saturated carbocycles. The van der Waals surface area contributed by atoms with Crippen LogP contribution in [-0.4, -0.2) is 39.4 Å². The summed E-state index contributed by atoms with van der Waals surface area (Å²) in [4.78, 5) is 6.69. The van der Waals surface area contributed by atoms with Gasteiger partial charge >= 0.3 is 0 Å². The van der Waals surface area contributed by atoms with Crippen molar-refractivity contribution in [3.8, 4) is 5.75 Å². The van der Waals surface area contributed by atoms with Crippen LogP contribution in [-0.2, 0) is 11.3 Å². The molecule has 0 amide bonds. The van der Waals surface area contributed by atoms with Gasteiger partial charge in [-0.3, -0.25) is 0 Å². The molecule has 2 aromatic rings. The number of methoxy groups -OCH3 is 2. The minimum Gasteiger partial charge on any atom is -0.495 e. The van der Waals surface area contributed by atoms with Crippen molar-refractivity contribution in [1.29, 1.82) is 0 Å². The number of anilines is 2. The number of benzene rings is 1. The second kappa shape index (κ2) is 7.97. The molecular formula is C15H21N3O2S. The predicted octanol–water partition coefficient (Wildman–Crippen LogP) is 2.66. The van der Waals surface area contributed by atoms with Gasteiger partial charge in [0, 0.05) is 32.6 Å². The molecule has 21 heavy (non-hydrogen) atoms. The van der Waals surface area contributed by atoms with Gasteiger partial charge in [-0.05, 0) is 12.1 Å². The topological polar surface area (TPSA) is 46.6 Å². The van der Waals surface area contributed by atoms with E-state index < -0.39 is 0 Å². The summed E-state index contributed by atoms with van der Waals surface area (Å²) in [6.07, 6.45) is 0. The highest BCUT2D eigenvalue weighted by atomic mass is 32.1. The van der Waals surface area contributed by atoms with E-state index in [1.807, 2.05) is 36.2 Å². The van der Waals surface area contributed by atoms with Crippen LogP contribution < -0.4 is 15.0 Å². The first kappa shape index (κ1) is 15.8. The first-order valence-electron chi connectivity index (χ1n) is 6.77. The molecule has 114 valence electrons. The lowest BCUT2D eigenvalue weighted by Crippen LogP contribution is -2.18. The second-order valence-corrected chi connectivity index (χ2v) is 5.36. The number of para-hydroxylation sites is 2. The predicted molar refractivity (Wildman–Crippen MR) is 86.8 cm³/mol. The number of nitrogens with zero attached hydrogens (tertiary/aromatic N) is 2. The number of aromatic nitrogens is 1. The van der Waals surface area contributed by atoms with Gasteiger partial charge in [-0.25, -0.2) is 4.98 Å². The maximum absolute atomic E-state index is 5.40. The molecule has 0 aliphatic rings. The molecule has 0 fully saturated rings. The fourth-order valence-corrected chi connectivity index (χ4v) is 2.74. The quantitative estimate of drug-likeness (QED) is 0.760. The summed E-state index contributed by atoms with van der Waals surface area (Å²) in [7, 11) is 5.38. The van der Waals surface area contributed by atoms with Crippen LogP contribution >= 0.6 is 11.3 Å². The van der Waals surface area contributed by atoms with E-state index in [1.165, 1.54) is 0 Å². The summed E-state index contributed by atoms with van der Waals surface area (Å²) in [5.74, 6) is 0.843. The van der Waals surface area contributed by atoms with Crippen molar-refractivity contribution in [3.63, 3.8) is 0 Å². The standard InChI is InChI=1S/C15H21N3O2S/c1-18(13-6-4-5-7-14(13)20-3)15-17-12(11-21-15)10-16-8-9-19-2/h4-7,11,16H,8-10H2,1-3H3. The summed E-state index contributed by atoms with van der Waals surface area (Å²) in [5, 5.41) is 6.31. The Morgan fingerprint density at radius 1 is 1.29 bits per heavy atom. The maximum Gasteiger partial charge on any atom is 0.189 e. The summed E-state index contributed by atoms with van der Waals surface area (Å²) in [6, 6.07) is 7.93. The minimum absolute atomic E-state index is 0.706. The molecule has 2 rings (SSSR count). The highest BCUT2D eigenvalue weighted by molar-refractivity contribution is 7.13. The van der Waals surface area contributed by atoms with Gasteiger partial charge in [0.2, 0.25) is 0 Å². The van der Waals surface area contributed by atoms with E-state index in [4.69, 9.17) is 9.47 Å². The molecule has 0 spiro atoms. The van der Waals surface area contributed by atoms with Gasteiger partial charge in [0.05, 0.1) is 25.1 Å². The molecule has 0 aliphatic carbocycles. The van der Waals surface area contributed by atoms with Crippen molar-refractivity contribution in [2.24, 2.45) is 0 Å². The molecule has 0 radical (unpaired) electrons. The van der Waals surface area contributed by atoms with Crippen LogP contribution in [0.3, 0.4) is 0 Å². The smallest absolute Gasteiger partial charge is 0.189 e. The number of hydrogen-bond donors (Lipinski definition) is 1. The van der Waals surface area contributed by atoms with Gasteiger partial charge in [-0.1, -0.05) is 12.1 Å². The fourth-order valence-electron chi connectivity index (χ4n) is 1.93. The molecule has 1 heterocycles. The molecule has 0 aliphatic heterocycles. The van der Waals surface area contributed by atoms with Crippen LogP contribution in [0.4, 0.5) is 10.8 Å². The number of hydrogen-bond acceptors (Lipinski definition) is 6. The average molecular weight is 307 g/mol. The lowest BCUT2D eigenvalue weighted by molar-refractivity contribution is 0.199. The Bertz CT molecular complexity index is 559. The van der Waals surface area contributed by atoms with Crippen LogP contribution in [0.2, 0.25) is 0 Å². The van der Waals surface area contributed by atoms with E-state index >= 15 is 0 Å². The van der Waals surface area contributed by atoms with Crippen molar-refractivity contribution in [2.75, 3.05) is 39.3 Å². The van der Waals surface area contributed by atoms with Crippen molar-refractivity contribution in [3.05, 3.63) is 35.3 Å². The zero-order valence-corrected chi connectivity index (χ0v) is 13.4. The minimum atomic E-state index is 0.706. The van der Waals surface area contributed by atoms with E-state index in [0.29, 0.717) is 6.61 Å². The zero-order valence-electron chi connectivity index (χ0n) is 12.6. The third-order valence-electron chi connectivity index (χ3n) is 3.06. The lowest BCUT2D eigenvalue weighted by Gasteiger charge is -2.18. The Labute approximate surface area is 129 Å². The van der Waals surface area contributed by atoms with Crippen molar-refractivity contribution in [1.82, 2.24) is 10.3 Å². The molecule has 0 atom stereocenters. The van der Waals surface area contributed by atoms with E-state index in [-0.39, 0.29) is 0 Å². The molecule has 0 unspecified atom stereocenters. The Morgan fingerprint density at radius 3 is 2.86 bits per heavy atom. The highest BCUT2D eigenvalue weighted by Gasteiger charge is 2.12. The molecule has 1 aromatic carbocycles. The summed E-state index contributed by atoms with van der Waals surface area (Å²) in [5.41, 5.74) is 2.04. The Kier molecular flexibility index (Phi) is 5.98. The zero-order chi connectivity index (χ0) is 15.1. The first-order valence-corrected chi connectivity index (χ1v) is 7.65.